The Morgan fingerprint density at radius 3 is 2.73 bits per heavy atom. The molecular weight excluding hydrogens is 214 g/mol. The molecule has 0 radical (unpaired) electrons. The summed E-state index contributed by atoms with van der Waals surface area (Å²) >= 11 is 0. The Kier molecular flexibility index (Phi) is 4.83. The minimum atomic E-state index is 0. The van der Waals surface area contributed by atoms with Crippen LogP contribution >= 0.6 is 12.4 Å². The first kappa shape index (κ1) is 12.7. The highest BCUT2D eigenvalue weighted by Crippen LogP contribution is 2.14. The molecule has 1 atom stereocenters. The molecular formula is C10H20ClN3O. The van der Waals surface area contributed by atoms with Crippen molar-refractivity contribution in [3.8, 4) is 0 Å². The molecule has 2 heterocycles. The minimum Gasteiger partial charge on any atom is -0.341 e. The van der Waals surface area contributed by atoms with Crippen molar-refractivity contribution < 1.29 is 4.79 Å². The Balaban J connectivity index is 0.00000112. The van der Waals surface area contributed by atoms with E-state index >= 15 is 0 Å². The second kappa shape index (κ2) is 5.68. The minimum absolute atomic E-state index is 0. The SMILES string of the molecule is CNC1CCCN(C(=O)C2CNC2)C1.Cl. The van der Waals surface area contributed by atoms with Gasteiger partial charge in [0.05, 0.1) is 5.92 Å². The van der Waals surface area contributed by atoms with E-state index in [9.17, 15) is 4.79 Å². The zero-order chi connectivity index (χ0) is 9.97. The van der Waals surface area contributed by atoms with Crippen LogP contribution in [0.4, 0.5) is 0 Å². The fourth-order valence-corrected chi connectivity index (χ4v) is 2.13. The zero-order valence-corrected chi connectivity index (χ0v) is 9.98. The molecule has 2 rings (SSSR count). The van der Waals surface area contributed by atoms with Crippen LogP contribution in [0.3, 0.4) is 0 Å². The number of nitrogens with one attached hydrogen (secondary N) is 2. The van der Waals surface area contributed by atoms with Crippen LogP contribution in [0.2, 0.25) is 0 Å². The van der Waals surface area contributed by atoms with Gasteiger partial charge in [-0.05, 0) is 19.9 Å². The van der Waals surface area contributed by atoms with Gasteiger partial charge in [0, 0.05) is 32.2 Å². The number of carbonyl (C=O) groups is 1. The van der Waals surface area contributed by atoms with Gasteiger partial charge in [0.25, 0.3) is 0 Å². The largest absolute Gasteiger partial charge is 0.341 e. The third-order valence-electron chi connectivity index (χ3n) is 3.27. The number of hydrogen-bond donors (Lipinski definition) is 2. The molecule has 0 aliphatic carbocycles. The lowest BCUT2D eigenvalue weighted by molar-refractivity contribution is -0.138. The van der Waals surface area contributed by atoms with Crippen molar-refractivity contribution in [2.45, 2.75) is 18.9 Å². The molecule has 4 nitrogen and oxygen atoms in total. The van der Waals surface area contributed by atoms with Crippen LogP contribution in [0.15, 0.2) is 0 Å². The van der Waals surface area contributed by atoms with E-state index in [1.807, 2.05) is 11.9 Å². The van der Waals surface area contributed by atoms with Gasteiger partial charge in [-0.1, -0.05) is 0 Å². The summed E-state index contributed by atoms with van der Waals surface area (Å²) in [5, 5.41) is 6.40. The van der Waals surface area contributed by atoms with E-state index in [1.54, 1.807) is 0 Å². The number of halogens is 1. The van der Waals surface area contributed by atoms with Crippen molar-refractivity contribution in [3.63, 3.8) is 0 Å². The van der Waals surface area contributed by atoms with Crippen molar-refractivity contribution in [2.24, 2.45) is 5.92 Å². The Morgan fingerprint density at radius 2 is 2.20 bits per heavy atom. The predicted molar refractivity (Wildman–Crippen MR) is 62.3 cm³/mol. The Labute approximate surface area is 97.2 Å². The summed E-state index contributed by atoms with van der Waals surface area (Å²) < 4.78 is 0. The van der Waals surface area contributed by atoms with Gasteiger partial charge in [-0.25, -0.2) is 0 Å². The average Bonchev–Trinajstić information content (AvgIpc) is 2.15. The third kappa shape index (κ3) is 2.83. The van der Waals surface area contributed by atoms with Crippen molar-refractivity contribution in [1.82, 2.24) is 15.5 Å². The maximum absolute atomic E-state index is 11.9. The predicted octanol–water partition coefficient (Wildman–Crippen LogP) is -0.162. The molecule has 5 heteroatoms. The molecule has 0 aromatic heterocycles. The molecule has 2 aliphatic rings. The van der Waals surface area contributed by atoms with Gasteiger partial charge in [0.15, 0.2) is 0 Å². The number of likely N-dealkylation sites (tertiary alicyclic amines) is 1. The van der Waals surface area contributed by atoms with Gasteiger partial charge in [-0.15, -0.1) is 12.4 Å². The summed E-state index contributed by atoms with van der Waals surface area (Å²) in [7, 11) is 1.98. The van der Waals surface area contributed by atoms with E-state index in [4.69, 9.17) is 0 Å². The van der Waals surface area contributed by atoms with Crippen molar-refractivity contribution in [3.05, 3.63) is 0 Å². The molecule has 0 saturated carbocycles. The fraction of sp³-hybridized carbons (Fsp3) is 0.900. The summed E-state index contributed by atoms with van der Waals surface area (Å²) in [4.78, 5) is 13.9. The second-order valence-electron chi connectivity index (χ2n) is 4.27. The number of nitrogens with zero attached hydrogens (tertiary/aromatic N) is 1. The van der Waals surface area contributed by atoms with Gasteiger partial charge in [0.2, 0.25) is 5.91 Å². The highest BCUT2D eigenvalue weighted by molar-refractivity contribution is 5.85. The Morgan fingerprint density at radius 1 is 1.47 bits per heavy atom. The maximum atomic E-state index is 11.9. The number of rotatable bonds is 2. The van der Waals surface area contributed by atoms with Crippen LogP contribution < -0.4 is 10.6 Å². The number of carbonyl (C=O) groups excluding carboxylic acids is 1. The fourth-order valence-electron chi connectivity index (χ4n) is 2.13. The Bertz CT molecular complexity index is 221. The van der Waals surface area contributed by atoms with Crippen LogP contribution in [-0.2, 0) is 4.79 Å². The molecule has 1 amide bonds. The van der Waals surface area contributed by atoms with Crippen LogP contribution in [0.25, 0.3) is 0 Å². The van der Waals surface area contributed by atoms with Gasteiger partial charge in [-0.2, -0.15) is 0 Å². The van der Waals surface area contributed by atoms with Crippen LogP contribution in [0.5, 0.6) is 0 Å². The van der Waals surface area contributed by atoms with Crippen LogP contribution in [-0.4, -0.2) is 50.1 Å². The lowest BCUT2D eigenvalue weighted by Gasteiger charge is -2.37. The first-order chi connectivity index (χ1) is 6.81. The van der Waals surface area contributed by atoms with Gasteiger partial charge >= 0.3 is 0 Å². The average molecular weight is 234 g/mol. The second-order valence-corrected chi connectivity index (χ2v) is 4.27. The molecule has 15 heavy (non-hydrogen) atoms. The first-order valence-electron chi connectivity index (χ1n) is 5.48. The number of likely N-dealkylation sites (N-methyl/N-ethyl adjacent to an activating group) is 1. The topological polar surface area (TPSA) is 44.4 Å². The normalized spacial score (nSPS) is 26.7. The molecule has 1 unspecified atom stereocenters. The van der Waals surface area contributed by atoms with Gasteiger partial charge < -0.3 is 15.5 Å². The molecule has 0 bridgehead atoms. The molecule has 2 fully saturated rings. The summed E-state index contributed by atoms with van der Waals surface area (Å²) in [6, 6.07) is 0.501. The lowest BCUT2D eigenvalue weighted by atomic mass is 9.98. The molecule has 2 saturated heterocycles. The summed E-state index contributed by atoms with van der Waals surface area (Å²) in [5.41, 5.74) is 0. The van der Waals surface area contributed by atoms with E-state index in [0.29, 0.717) is 11.9 Å². The van der Waals surface area contributed by atoms with Crippen LogP contribution in [0, 0.1) is 5.92 Å². The molecule has 0 aromatic rings. The summed E-state index contributed by atoms with van der Waals surface area (Å²) in [6.45, 7) is 3.60. The summed E-state index contributed by atoms with van der Waals surface area (Å²) in [6.07, 6.45) is 2.33. The Hall–Kier alpha value is -0.320. The highest BCUT2D eigenvalue weighted by atomic mass is 35.5. The molecule has 0 spiro atoms. The van der Waals surface area contributed by atoms with Crippen molar-refractivity contribution in [2.75, 3.05) is 33.2 Å². The molecule has 2 N–H and O–H groups in total. The first-order valence-corrected chi connectivity index (χ1v) is 5.48. The van der Waals surface area contributed by atoms with Crippen LogP contribution in [0.1, 0.15) is 12.8 Å². The maximum Gasteiger partial charge on any atom is 0.228 e. The van der Waals surface area contributed by atoms with E-state index in [0.717, 1.165) is 32.6 Å². The number of amides is 1. The van der Waals surface area contributed by atoms with E-state index in [2.05, 4.69) is 10.6 Å². The smallest absolute Gasteiger partial charge is 0.228 e. The monoisotopic (exact) mass is 233 g/mol. The van der Waals surface area contributed by atoms with E-state index in [1.165, 1.54) is 6.42 Å². The highest BCUT2D eigenvalue weighted by Gasteiger charge is 2.31. The lowest BCUT2D eigenvalue weighted by Crippen LogP contribution is -2.55. The van der Waals surface area contributed by atoms with E-state index < -0.39 is 0 Å². The van der Waals surface area contributed by atoms with Gasteiger partial charge in [-0.3, -0.25) is 4.79 Å². The molecule has 0 aromatic carbocycles. The quantitative estimate of drug-likeness (QED) is 0.697. The third-order valence-corrected chi connectivity index (χ3v) is 3.27. The molecule has 88 valence electrons. The van der Waals surface area contributed by atoms with Crippen molar-refractivity contribution >= 4 is 18.3 Å². The molecule has 2 aliphatic heterocycles. The van der Waals surface area contributed by atoms with E-state index in [-0.39, 0.29) is 18.3 Å². The standard InChI is InChI=1S/C10H19N3O.ClH/c1-11-9-3-2-4-13(7-9)10(14)8-5-12-6-8;/h8-9,11-12H,2-7H2,1H3;1H. The van der Waals surface area contributed by atoms with Gasteiger partial charge in [0.1, 0.15) is 0 Å². The zero-order valence-electron chi connectivity index (χ0n) is 9.16. The summed E-state index contributed by atoms with van der Waals surface area (Å²) in [5.74, 6) is 0.606. The van der Waals surface area contributed by atoms with Crippen molar-refractivity contribution in [1.29, 1.82) is 0 Å². The number of hydrogen-bond acceptors (Lipinski definition) is 3. The number of piperidine rings is 1.